The Morgan fingerprint density at radius 2 is 2.04 bits per heavy atom. The van der Waals surface area contributed by atoms with E-state index in [2.05, 4.69) is 5.32 Å². The van der Waals surface area contributed by atoms with Gasteiger partial charge in [-0.15, -0.1) is 0 Å². The Bertz CT molecular complexity index is 631. The van der Waals surface area contributed by atoms with Gasteiger partial charge in [0.25, 0.3) is 0 Å². The lowest BCUT2D eigenvalue weighted by molar-refractivity contribution is -0.182. The number of piperidine rings is 1. The predicted molar refractivity (Wildman–Crippen MR) is 84.4 cm³/mol. The standard InChI is InChI=1S/C15H18ClN3O4/c16-12-8-10(2-3-11(12)13(17)20)18-14(21)19-5-1-4-15(9-19)22-6-7-23-15/h2-3,8H,1,4-7,9H2,(H2,17,20)(H,18,21). The third kappa shape index (κ3) is 3.41. The number of likely N-dealkylation sites (tertiary alicyclic amines) is 1. The molecule has 3 amide bonds. The van der Waals surface area contributed by atoms with Gasteiger partial charge in [0.2, 0.25) is 5.91 Å². The number of primary amides is 1. The first-order chi connectivity index (χ1) is 11.0. The van der Waals surface area contributed by atoms with Crippen LogP contribution in [0.1, 0.15) is 23.2 Å². The van der Waals surface area contributed by atoms with Crippen molar-refractivity contribution in [2.45, 2.75) is 18.6 Å². The van der Waals surface area contributed by atoms with Crippen LogP contribution in [-0.2, 0) is 9.47 Å². The minimum Gasteiger partial charge on any atom is -0.366 e. The Kier molecular flexibility index (Phi) is 4.43. The van der Waals surface area contributed by atoms with E-state index in [1.54, 1.807) is 11.0 Å². The Morgan fingerprint density at radius 3 is 2.70 bits per heavy atom. The monoisotopic (exact) mass is 339 g/mol. The number of nitrogens with one attached hydrogen (secondary N) is 1. The van der Waals surface area contributed by atoms with Gasteiger partial charge in [-0.25, -0.2) is 4.79 Å². The van der Waals surface area contributed by atoms with E-state index in [9.17, 15) is 9.59 Å². The number of urea groups is 1. The molecule has 1 aromatic carbocycles. The van der Waals surface area contributed by atoms with Crippen LogP contribution in [0, 0.1) is 0 Å². The smallest absolute Gasteiger partial charge is 0.322 e. The number of halogens is 1. The molecule has 2 aliphatic rings. The maximum absolute atomic E-state index is 12.4. The average Bonchev–Trinajstić information content (AvgIpc) is 2.94. The molecule has 3 rings (SSSR count). The van der Waals surface area contributed by atoms with Crippen molar-refractivity contribution in [3.63, 3.8) is 0 Å². The van der Waals surface area contributed by atoms with Crippen LogP contribution >= 0.6 is 11.6 Å². The highest BCUT2D eigenvalue weighted by Gasteiger charge is 2.42. The highest BCUT2D eigenvalue weighted by molar-refractivity contribution is 6.34. The zero-order valence-corrected chi connectivity index (χ0v) is 13.3. The number of hydrogen-bond acceptors (Lipinski definition) is 4. The quantitative estimate of drug-likeness (QED) is 0.859. The fraction of sp³-hybridized carbons (Fsp3) is 0.467. The van der Waals surface area contributed by atoms with Gasteiger partial charge in [-0.3, -0.25) is 4.79 Å². The molecule has 0 radical (unpaired) electrons. The third-order valence-corrected chi connectivity index (χ3v) is 4.32. The molecule has 2 heterocycles. The van der Waals surface area contributed by atoms with Crippen LogP contribution in [0.3, 0.4) is 0 Å². The Labute approximate surface area is 138 Å². The first-order valence-corrected chi connectivity index (χ1v) is 7.80. The molecule has 0 unspecified atom stereocenters. The molecular formula is C15H18ClN3O4. The summed E-state index contributed by atoms with van der Waals surface area (Å²) in [7, 11) is 0. The molecule has 2 fully saturated rings. The van der Waals surface area contributed by atoms with Crippen molar-refractivity contribution in [2.24, 2.45) is 5.73 Å². The van der Waals surface area contributed by atoms with E-state index in [1.165, 1.54) is 12.1 Å². The highest BCUT2D eigenvalue weighted by Crippen LogP contribution is 2.30. The number of benzene rings is 1. The van der Waals surface area contributed by atoms with Crippen molar-refractivity contribution in [1.82, 2.24) is 4.90 Å². The van der Waals surface area contributed by atoms with Crippen molar-refractivity contribution in [1.29, 1.82) is 0 Å². The number of nitrogens with two attached hydrogens (primary N) is 1. The second-order valence-corrected chi connectivity index (χ2v) is 6.03. The summed E-state index contributed by atoms with van der Waals surface area (Å²) >= 11 is 5.99. The minimum atomic E-state index is -0.664. The summed E-state index contributed by atoms with van der Waals surface area (Å²) < 4.78 is 11.3. The third-order valence-electron chi connectivity index (χ3n) is 4.00. The number of hydrogen-bond donors (Lipinski definition) is 2. The molecule has 0 aromatic heterocycles. The van der Waals surface area contributed by atoms with Crippen molar-refractivity contribution < 1.29 is 19.1 Å². The Hall–Kier alpha value is -1.83. The normalized spacial score (nSPS) is 19.8. The van der Waals surface area contributed by atoms with Crippen LogP contribution in [0.15, 0.2) is 18.2 Å². The van der Waals surface area contributed by atoms with Crippen molar-refractivity contribution >= 4 is 29.2 Å². The van der Waals surface area contributed by atoms with Crippen LogP contribution in [0.25, 0.3) is 0 Å². The topological polar surface area (TPSA) is 93.9 Å². The maximum Gasteiger partial charge on any atom is 0.322 e. The Morgan fingerprint density at radius 1 is 1.30 bits per heavy atom. The lowest BCUT2D eigenvalue weighted by Gasteiger charge is -2.38. The first kappa shape index (κ1) is 16.0. The van der Waals surface area contributed by atoms with Crippen molar-refractivity contribution in [3.8, 4) is 0 Å². The van der Waals surface area contributed by atoms with Gasteiger partial charge < -0.3 is 25.4 Å². The molecule has 2 saturated heterocycles. The summed E-state index contributed by atoms with van der Waals surface area (Å²) in [5, 5.41) is 2.97. The number of carbonyl (C=O) groups excluding carboxylic acids is 2. The van der Waals surface area contributed by atoms with Gasteiger partial charge in [-0.05, 0) is 24.6 Å². The molecule has 1 spiro atoms. The zero-order chi connectivity index (χ0) is 16.4. The molecule has 124 valence electrons. The Balaban J connectivity index is 1.67. The SMILES string of the molecule is NC(=O)c1ccc(NC(=O)N2CCCC3(C2)OCCO3)cc1Cl. The summed E-state index contributed by atoms with van der Waals surface area (Å²) in [5.74, 6) is -1.27. The van der Waals surface area contributed by atoms with Crippen molar-refractivity contribution in [3.05, 3.63) is 28.8 Å². The van der Waals surface area contributed by atoms with Crippen molar-refractivity contribution in [2.75, 3.05) is 31.6 Å². The van der Waals surface area contributed by atoms with Gasteiger partial charge in [-0.2, -0.15) is 0 Å². The molecule has 0 aliphatic carbocycles. The van der Waals surface area contributed by atoms with Crippen LogP contribution < -0.4 is 11.1 Å². The maximum atomic E-state index is 12.4. The minimum absolute atomic E-state index is 0.202. The second kappa shape index (κ2) is 6.35. The van der Waals surface area contributed by atoms with Gasteiger partial charge >= 0.3 is 6.03 Å². The average molecular weight is 340 g/mol. The number of amides is 3. The molecule has 0 saturated carbocycles. The van der Waals surface area contributed by atoms with Gasteiger partial charge in [-0.1, -0.05) is 11.6 Å². The predicted octanol–water partition coefficient (Wildman–Crippen LogP) is 1.81. The van der Waals surface area contributed by atoms with Crippen LogP contribution in [0.2, 0.25) is 5.02 Å². The highest BCUT2D eigenvalue weighted by atomic mass is 35.5. The summed E-state index contributed by atoms with van der Waals surface area (Å²) in [6.07, 6.45) is 1.60. The molecular weight excluding hydrogens is 322 g/mol. The van der Waals surface area contributed by atoms with E-state index in [-0.39, 0.29) is 16.6 Å². The molecule has 23 heavy (non-hydrogen) atoms. The van der Waals surface area contributed by atoms with E-state index >= 15 is 0 Å². The van der Waals surface area contributed by atoms with E-state index < -0.39 is 11.7 Å². The van der Waals surface area contributed by atoms with E-state index in [4.69, 9.17) is 26.8 Å². The van der Waals surface area contributed by atoms with Crippen LogP contribution in [-0.4, -0.2) is 48.9 Å². The lowest BCUT2D eigenvalue weighted by Crippen LogP contribution is -2.52. The van der Waals surface area contributed by atoms with Crippen LogP contribution in [0.4, 0.5) is 10.5 Å². The van der Waals surface area contributed by atoms with Gasteiger partial charge in [0.05, 0.1) is 30.3 Å². The van der Waals surface area contributed by atoms with E-state index in [1.807, 2.05) is 0 Å². The largest absolute Gasteiger partial charge is 0.366 e. The number of ether oxygens (including phenoxy) is 2. The summed E-state index contributed by atoms with van der Waals surface area (Å²) in [5.41, 5.74) is 5.92. The number of carbonyl (C=O) groups is 2. The van der Waals surface area contributed by atoms with Crippen LogP contribution in [0.5, 0.6) is 0 Å². The van der Waals surface area contributed by atoms with Gasteiger partial charge in [0.1, 0.15) is 0 Å². The number of anilines is 1. The first-order valence-electron chi connectivity index (χ1n) is 7.42. The fourth-order valence-corrected chi connectivity index (χ4v) is 3.16. The summed E-state index contributed by atoms with van der Waals surface area (Å²) in [4.78, 5) is 25.2. The summed E-state index contributed by atoms with van der Waals surface area (Å²) in [6.45, 7) is 2.14. The molecule has 3 N–H and O–H groups in total. The number of nitrogens with zero attached hydrogens (tertiary/aromatic N) is 1. The lowest BCUT2D eigenvalue weighted by atomic mass is 10.1. The second-order valence-electron chi connectivity index (χ2n) is 5.62. The van der Waals surface area contributed by atoms with Gasteiger partial charge in [0.15, 0.2) is 5.79 Å². The number of rotatable bonds is 2. The molecule has 1 aromatic rings. The van der Waals surface area contributed by atoms with E-state index in [0.29, 0.717) is 32.0 Å². The zero-order valence-electron chi connectivity index (χ0n) is 12.5. The van der Waals surface area contributed by atoms with E-state index in [0.717, 1.165) is 12.8 Å². The molecule has 0 atom stereocenters. The molecule has 2 aliphatic heterocycles. The molecule has 8 heteroatoms. The summed E-state index contributed by atoms with van der Waals surface area (Å²) in [6, 6.07) is 4.32. The molecule has 0 bridgehead atoms. The fourth-order valence-electron chi connectivity index (χ4n) is 2.89. The molecule has 7 nitrogen and oxygen atoms in total. The van der Waals surface area contributed by atoms with Gasteiger partial charge in [0, 0.05) is 18.7 Å².